The van der Waals surface area contributed by atoms with Gasteiger partial charge in [0.1, 0.15) is 11.6 Å². The average molecular weight is 367 g/mol. The molecule has 0 bridgehead atoms. The number of tetrazole rings is 1. The zero-order valence-corrected chi connectivity index (χ0v) is 14.9. The minimum Gasteiger partial charge on any atom is -0.281 e. The molecule has 1 atom stereocenters. The van der Waals surface area contributed by atoms with Crippen molar-refractivity contribution < 1.29 is 8.78 Å². The molecule has 1 aliphatic rings. The van der Waals surface area contributed by atoms with Gasteiger partial charge in [-0.25, -0.2) is 8.78 Å². The molecule has 0 aliphatic carbocycles. The third-order valence-electron chi connectivity index (χ3n) is 4.65. The van der Waals surface area contributed by atoms with Crippen LogP contribution in [0.4, 0.5) is 8.78 Å². The van der Waals surface area contributed by atoms with Crippen LogP contribution in [0.3, 0.4) is 0 Å². The number of nitrogens with zero attached hydrogens (tertiary/aromatic N) is 5. The van der Waals surface area contributed by atoms with Gasteiger partial charge in [-0.15, -0.1) is 10.2 Å². The third kappa shape index (κ3) is 3.49. The molecule has 0 N–H and O–H groups in total. The van der Waals surface area contributed by atoms with Gasteiger partial charge in [0.2, 0.25) is 5.82 Å². The van der Waals surface area contributed by atoms with E-state index in [2.05, 4.69) is 27.3 Å². The van der Waals surface area contributed by atoms with Crippen molar-refractivity contribution in [2.75, 3.05) is 0 Å². The normalized spacial score (nSPS) is 16.6. The predicted molar refractivity (Wildman–Crippen MR) is 98.4 cm³/mol. The fourth-order valence-corrected chi connectivity index (χ4v) is 3.30. The summed E-state index contributed by atoms with van der Waals surface area (Å²) in [7, 11) is 0. The molecular weight excluding hydrogens is 348 g/mol. The molecule has 0 amide bonds. The molecule has 7 heteroatoms. The lowest BCUT2D eigenvalue weighted by Crippen LogP contribution is -2.03. The first kappa shape index (κ1) is 17.5. The molecule has 1 aromatic heterocycles. The molecule has 138 valence electrons. The highest BCUT2D eigenvalue weighted by atomic mass is 19.1. The molecule has 2 heterocycles. The molecule has 0 saturated carbocycles. The highest BCUT2D eigenvalue weighted by molar-refractivity contribution is 6.02. The first-order valence-electron chi connectivity index (χ1n) is 9.05. The van der Waals surface area contributed by atoms with Crippen molar-refractivity contribution in [3.63, 3.8) is 0 Å². The molecule has 0 radical (unpaired) electrons. The lowest BCUT2D eigenvalue weighted by Gasteiger charge is -2.07. The zero-order valence-electron chi connectivity index (χ0n) is 14.9. The monoisotopic (exact) mass is 367 g/mol. The van der Waals surface area contributed by atoms with Gasteiger partial charge >= 0.3 is 0 Å². The number of hydrogen-bond acceptors (Lipinski definition) is 4. The number of aromatic nitrogens is 4. The van der Waals surface area contributed by atoms with Gasteiger partial charge in [0.25, 0.3) is 0 Å². The van der Waals surface area contributed by atoms with E-state index >= 15 is 0 Å². The van der Waals surface area contributed by atoms with Gasteiger partial charge in [0.05, 0.1) is 18.2 Å². The highest BCUT2D eigenvalue weighted by Gasteiger charge is 2.24. The molecule has 4 rings (SSSR count). The summed E-state index contributed by atoms with van der Waals surface area (Å²) in [5.74, 6) is -0.545. The number of rotatable bonds is 5. The molecule has 5 nitrogen and oxygen atoms in total. The topological polar surface area (TPSA) is 56.0 Å². The standard InChI is InChI=1S/C20H19F2N5/c1-2-12-27-25-20(24-26-27)14-8-6-13(7-9-14)17-10-11-18(23-17)19-15(21)4-3-5-16(19)22/h3-9,17H,2,10-12H2,1H3. The SMILES string of the molecule is CCCn1nnc(-c2ccc(C3CCC(c4c(F)cccc4F)=N3)cc2)n1. The first-order valence-corrected chi connectivity index (χ1v) is 9.05. The van der Waals surface area contributed by atoms with E-state index in [0.717, 1.165) is 30.5 Å². The summed E-state index contributed by atoms with van der Waals surface area (Å²) in [6, 6.07) is 11.6. The van der Waals surface area contributed by atoms with Crippen molar-refractivity contribution in [3.8, 4) is 11.4 Å². The smallest absolute Gasteiger partial charge is 0.204 e. The minimum absolute atomic E-state index is 0.00615. The number of benzene rings is 2. The van der Waals surface area contributed by atoms with E-state index < -0.39 is 11.6 Å². The van der Waals surface area contributed by atoms with Gasteiger partial charge in [0, 0.05) is 11.3 Å². The van der Waals surface area contributed by atoms with Crippen molar-refractivity contribution in [3.05, 3.63) is 65.2 Å². The van der Waals surface area contributed by atoms with Crippen molar-refractivity contribution >= 4 is 5.71 Å². The van der Waals surface area contributed by atoms with Gasteiger partial charge < -0.3 is 0 Å². The highest BCUT2D eigenvalue weighted by Crippen LogP contribution is 2.33. The van der Waals surface area contributed by atoms with Gasteiger partial charge in [-0.05, 0) is 42.2 Å². The second kappa shape index (κ2) is 7.34. The van der Waals surface area contributed by atoms with Gasteiger partial charge in [0.15, 0.2) is 0 Å². The van der Waals surface area contributed by atoms with Gasteiger partial charge in [-0.2, -0.15) is 4.80 Å². The van der Waals surface area contributed by atoms with Crippen LogP contribution in [0.15, 0.2) is 47.5 Å². The maximum absolute atomic E-state index is 14.0. The van der Waals surface area contributed by atoms with E-state index in [1.54, 1.807) is 4.80 Å². The number of hydrogen-bond donors (Lipinski definition) is 0. The summed E-state index contributed by atoms with van der Waals surface area (Å²) in [5, 5.41) is 12.5. The van der Waals surface area contributed by atoms with E-state index in [1.807, 2.05) is 24.3 Å². The number of aliphatic imine (C=N–C) groups is 1. The van der Waals surface area contributed by atoms with E-state index in [4.69, 9.17) is 0 Å². The minimum atomic E-state index is -0.564. The molecule has 2 aromatic carbocycles. The molecular formula is C20H19F2N5. The van der Waals surface area contributed by atoms with Crippen LogP contribution in [0.5, 0.6) is 0 Å². The number of halogens is 2. The summed E-state index contributed by atoms with van der Waals surface area (Å²) < 4.78 is 28.0. The van der Waals surface area contributed by atoms with Crippen LogP contribution in [-0.4, -0.2) is 25.9 Å². The summed E-state index contributed by atoms with van der Waals surface area (Å²) in [5.41, 5.74) is 2.37. The van der Waals surface area contributed by atoms with Crippen molar-refractivity contribution in [1.82, 2.24) is 20.2 Å². The van der Waals surface area contributed by atoms with Crippen molar-refractivity contribution in [2.45, 2.75) is 38.8 Å². The second-order valence-electron chi connectivity index (χ2n) is 6.56. The largest absolute Gasteiger partial charge is 0.281 e. The van der Waals surface area contributed by atoms with Crippen LogP contribution in [0, 0.1) is 11.6 Å². The summed E-state index contributed by atoms with van der Waals surface area (Å²) in [6.07, 6.45) is 2.23. The van der Waals surface area contributed by atoms with E-state index in [9.17, 15) is 8.78 Å². The Kier molecular flexibility index (Phi) is 4.75. The number of aryl methyl sites for hydroxylation is 1. The van der Waals surface area contributed by atoms with Crippen LogP contribution in [-0.2, 0) is 6.54 Å². The molecule has 3 aromatic rings. The Morgan fingerprint density at radius 1 is 1.07 bits per heavy atom. The lowest BCUT2D eigenvalue weighted by atomic mass is 10.0. The third-order valence-corrected chi connectivity index (χ3v) is 4.65. The molecule has 0 fully saturated rings. The maximum Gasteiger partial charge on any atom is 0.204 e. The van der Waals surface area contributed by atoms with Crippen LogP contribution in [0.25, 0.3) is 11.4 Å². The molecule has 1 aliphatic heterocycles. The molecule has 1 unspecified atom stereocenters. The van der Waals surface area contributed by atoms with E-state index in [1.165, 1.54) is 18.2 Å². The zero-order chi connectivity index (χ0) is 18.8. The van der Waals surface area contributed by atoms with Crippen LogP contribution >= 0.6 is 0 Å². The summed E-state index contributed by atoms with van der Waals surface area (Å²) in [6.45, 7) is 2.79. The fourth-order valence-electron chi connectivity index (χ4n) is 3.30. The van der Waals surface area contributed by atoms with Gasteiger partial charge in [-0.1, -0.05) is 37.3 Å². The lowest BCUT2D eigenvalue weighted by molar-refractivity contribution is 0.515. The molecule has 0 saturated heterocycles. The Morgan fingerprint density at radius 2 is 1.81 bits per heavy atom. The Balaban J connectivity index is 1.55. The Hall–Kier alpha value is -2.96. The van der Waals surface area contributed by atoms with Crippen LogP contribution in [0.2, 0.25) is 0 Å². The average Bonchev–Trinajstić information content (AvgIpc) is 3.32. The quantitative estimate of drug-likeness (QED) is 0.674. The Morgan fingerprint density at radius 3 is 2.52 bits per heavy atom. The second-order valence-corrected chi connectivity index (χ2v) is 6.56. The van der Waals surface area contributed by atoms with Gasteiger partial charge in [-0.3, -0.25) is 4.99 Å². The summed E-state index contributed by atoms with van der Waals surface area (Å²) >= 11 is 0. The van der Waals surface area contributed by atoms with Crippen molar-refractivity contribution in [1.29, 1.82) is 0 Å². The van der Waals surface area contributed by atoms with Crippen LogP contribution in [0.1, 0.15) is 43.4 Å². The maximum atomic E-state index is 14.0. The summed E-state index contributed by atoms with van der Waals surface area (Å²) in [4.78, 5) is 6.15. The first-order chi connectivity index (χ1) is 13.2. The molecule has 0 spiro atoms. The Bertz CT molecular complexity index is 958. The van der Waals surface area contributed by atoms with E-state index in [0.29, 0.717) is 18.0 Å². The fraction of sp³-hybridized carbons (Fsp3) is 0.300. The van der Waals surface area contributed by atoms with Crippen LogP contribution < -0.4 is 0 Å². The van der Waals surface area contributed by atoms with Crippen molar-refractivity contribution in [2.24, 2.45) is 4.99 Å². The Labute approximate surface area is 155 Å². The van der Waals surface area contributed by atoms with E-state index in [-0.39, 0.29) is 11.6 Å². The predicted octanol–water partition coefficient (Wildman–Crippen LogP) is 4.35. The molecule has 27 heavy (non-hydrogen) atoms.